The van der Waals surface area contributed by atoms with Gasteiger partial charge in [-0.15, -0.1) is 12.4 Å². The lowest BCUT2D eigenvalue weighted by Crippen LogP contribution is -2.30. The van der Waals surface area contributed by atoms with Crippen molar-refractivity contribution in [3.63, 3.8) is 0 Å². The highest BCUT2D eigenvalue weighted by Crippen LogP contribution is 2.27. The molecule has 0 aliphatic heterocycles. The molecule has 1 amide bonds. The van der Waals surface area contributed by atoms with Gasteiger partial charge in [-0.05, 0) is 50.3 Å². The zero-order chi connectivity index (χ0) is 17.1. The number of rotatable bonds is 7. The van der Waals surface area contributed by atoms with Gasteiger partial charge in [-0.25, -0.2) is 4.68 Å². The van der Waals surface area contributed by atoms with Gasteiger partial charge >= 0.3 is 0 Å². The molecule has 1 saturated carbocycles. The molecule has 3 rings (SSSR count). The van der Waals surface area contributed by atoms with Gasteiger partial charge in [-0.3, -0.25) is 4.79 Å². The minimum Gasteiger partial charge on any atom is -0.309 e. The molecule has 1 aromatic heterocycles. The number of carbonyl (C=O) groups is 1. The Morgan fingerprint density at radius 1 is 1.28 bits per heavy atom. The summed E-state index contributed by atoms with van der Waals surface area (Å²) in [4.78, 5) is 12.2. The van der Waals surface area contributed by atoms with E-state index in [0.717, 1.165) is 29.7 Å². The van der Waals surface area contributed by atoms with Crippen molar-refractivity contribution in [1.82, 2.24) is 15.1 Å². The van der Waals surface area contributed by atoms with Crippen molar-refractivity contribution in [2.24, 2.45) is 5.92 Å². The highest BCUT2D eigenvalue weighted by Gasteiger charge is 2.21. The first kappa shape index (κ1) is 19.5. The molecule has 1 heterocycles. The maximum absolute atomic E-state index is 12.2. The normalized spacial score (nSPS) is 13.6. The van der Waals surface area contributed by atoms with Crippen molar-refractivity contribution in [2.75, 3.05) is 18.4 Å². The molecule has 2 aromatic rings. The van der Waals surface area contributed by atoms with Crippen LogP contribution in [-0.2, 0) is 4.79 Å². The number of nitrogens with zero attached hydrogens (tertiary/aromatic N) is 2. The molecule has 0 spiro atoms. The number of halogens is 1. The second kappa shape index (κ2) is 8.50. The van der Waals surface area contributed by atoms with Crippen LogP contribution in [0.1, 0.15) is 43.9 Å². The summed E-state index contributed by atoms with van der Waals surface area (Å²) in [5.41, 5.74) is 3.12. The van der Waals surface area contributed by atoms with Crippen LogP contribution in [-0.4, -0.2) is 28.8 Å². The summed E-state index contributed by atoms with van der Waals surface area (Å²) in [5, 5.41) is 10.9. The number of benzene rings is 1. The monoisotopic (exact) mass is 362 g/mol. The molecule has 25 heavy (non-hydrogen) atoms. The Labute approximate surface area is 155 Å². The van der Waals surface area contributed by atoms with Gasteiger partial charge in [0, 0.05) is 6.07 Å². The Balaban J connectivity index is 0.00000225. The average molecular weight is 363 g/mol. The fraction of sp³-hybridized carbons (Fsp3) is 0.474. The number of hydrogen-bond donors (Lipinski definition) is 2. The van der Waals surface area contributed by atoms with Crippen molar-refractivity contribution in [2.45, 2.75) is 39.5 Å². The van der Waals surface area contributed by atoms with E-state index in [1.165, 1.54) is 18.4 Å². The molecule has 2 N–H and O–H groups in total. The number of aryl methyl sites for hydroxylation is 1. The summed E-state index contributed by atoms with van der Waals surface area (Å²) < 4.78 is 1.81. The molecular weight excluding hydrogens is 336 g/mol. The molecule has 6 heteroatoms. The Morgan fingerprint density at radius 3 is 2.56 bits per heavy atom. The maximum Gasteiger partial charge on any atom is 0.239 e. The molecule has 136 valence electrons. The quantitative estimate of drug-likeness (QED) is 0.790. The predicted molar refractivity (Wildman–Crippen MR) is 104 cm³/mol. The van der Waals surface area contributed by atoms with Gasteiger partial charge in [0.2, 0.25) is 5.91 Å². The number of aromatic nitrogens is 2. The molecule has 0 unspecified atom stereocenters. The summed E-state index contributed by atoms with van der Waals surface area (Å²) in [6.07, 6.45) is 2.57. The molecule has 0 bridgehead atoms. The molecule has 0 atom stereocenters. The molecule has 0 saturated heterocycles. The lowest BCUT2D eigenvalue weighted by Gasteiger charge is -2.09. The molecule has 5 nitrogen and oxygen atoms in total. The topological polar surface area (TPSA) is 59.0 Å². The molecule has 0 radical (unpaired) electrons. The Hall–Kier alpha value is -1.85. The van der Waals surface area contributed by atoms with Gasteiger partial charge < -0.3 is 10.6 Å². The van der Waals surface area contributed by atoms with E-state index < -0.39 is 0 Å². The minimum atomic E-state index is -0.0285. The largest absolute Gasteiger partial charge is 0.309 e. The third-order valence-corrected chi connectivity index (χ3v) is 4.28. The van der Waals surface area contributed by atoms with Crippen LogP contribution in [0.4, 0.5) is 5.82 Å². The van der Waals surface area contributed by atoms with Crippen molar-refractivity contribution in [3.05, 3.63) is 41.6 Å². The van der Waals surface area contributed by atoms with Gasteiger partial charge in [0.25, 0.3) is 0 Å². The number of nitrogens with one attached hydrogen (secondary N) is 2. The lowest BCUT2D eigenvalue weighted by atomic mass is 10.1. The standard InChI is InChI=1S/C19H26N4O.ClH/c1-13(2)17-10-18(21-19(24)12-20-11-15-6-7-15)23(22-17)16-8-4-14(3)5-9-16;/h4-5,8-10,13,15,20H,6-7,11-12H2,1-3H3,(H,21,24);1H. The van der Waals surface area contributed by atoms with Crippen LogP contribution >= 0.6 is 12.4 Å². The van der Waals surface area contributed by atoms with E-state index in [4.69, 9.17) is 0 Å². The third kappa shape index (κ3) is 5.31. The first-order valence-corrected chi connectivity index (χ1v) is 8.70. The zero-order valence-corrected chi connectivity index (χ0v) is 15.9. The first-order chi connectivity index (χ1) is 11.5. The van der Waals surface area contributed by atoms with Gasteiger partial charge in [0.05, 0.1) is 17.9 Å². The fourth-order valence-corrected chi connectivity index (χ4v) is 2.55. The highest BCUT2D eigenvalue weighted by atomic mass is 35.5. The van der Waals surface area contributed by atoms with Gasteiger partial charge in [-0.2, -0.15) is 5.10 Å². The number of carbonyl (C=O) groups excluding carboxylic acids is 1. The van der Waals surface area contributed by atoms with Crippen LogP contribution < -0.4 is 10.6 Å². The number of anilines is 1. The lowest BCUT2D eigenvalue weighted by molar-refractivity contribution is -0.115. The average Bonchev–Trinajstić information content (AvgIpc) is 3.27. The van der Waals surface area contributed by atoms with Crippen molar-refractivity contribution < 1.29 is 4.79 Å². The van der Waals surface area contributed by atoms with Crippen LogP contribution in [0, 0.1) is 12.8 Å². The van der Waals surface area contributed by atoms with Gasteiger partial charge in [0.1, 0.15) is 5.82 Å². The van der Waals surface area contributed by atoms with Crippen LogP contribution in [0.2, 0.25) is 0 Å². The second-order valence-corrected chi connectivity index (χ2v) is 6.98. The van der Waals surface area contributed by atoms with E-state index in [1.54, 1.807) is 0 Å². The Kier molecular flexibility index (Phi) is 6.62. The van der Waals surface area contributed by atoms with Crippen molar-refractivity contribution in [3.8, 4) is 5.69 Å². The number of hydrogen-bond acceptors (Lipinski definition) is 3. The van der Waals surface area contributed by atoms with Gasteiger partial charge in [0.15, 0.2) is 0 Å². The summed E-state index contributed by atoms with van der Waals surface area (Å²) in [5.74, 6) is 1.77. The molecular formula is C19H27ClN4O. The summed E-state index contributed by atoms with van der Waals surface area (Å²) in [6, 6.07) is 10.1. The van der Waals surface area contributed by atoms with E-state index in [0.29, 0.717) is 12.5 Å². The molecule has 1 aliphatic rings. The zero-order valence-electron chi connectivity index (χ0n) is 15.1. The van der Waals surface area contributed by atoms with E-state index in [1.807, 2.05) is 22.9 Å². The van der Waals surface area contributed by atoms with Crippen molar-refractivity contribution >= 4 is 24.1 Å². The van der Waals surface area contributed by atoms with E-state index in [9.17, 15) is 4.79 Å². The Morgan fingerprint density at radius 2 is 1.96 bits per heavy atom. The van der Waals surface area contributed by atoms with Crippen LogP contribution in [0.25, 0.3) is 5.69 Å². The second-order valence-electron chi connectivity index (χ2n) is 6.98. The maximum atomic E-state index is 12.2. The Bertz CT molecular complexity index is 705. The molecule has 1 aliphatic carbocycles. The minimum absolute atomic E-state index is 0. The SMILES string of the molecule is Cc1ccc(-n2nc(C(C)C)cc2NC(=O)CNCC2CC2)cc1.Cl. The predicted octanol–water partition coefficient (Wildman–Crippen LogP) is 3.66. The molecule has 1 fully saturated rings. The van der Waals surface area contributed by atoms with Crippen LogP contribution in [0.5, 0.6) is 0 Å². The van der Waals surface area contributed by atoms with Crippen LogP contribution in [0.3, 0.4) is 0 Å². The van der Waals surface area contributed by atoms with Gasteiger partial charge in [-0.1, -0.05) is 31.5 Å². The van der Waals surface area contributed by atoms with Crippen molar-refractivity contribution in [1.29, 1.82) is 0 Å². The fourth-order valence-electron chi connectivity index (χ4n) is 2.55. The smallest absolute Gasteiger partial charge is 0.239 e. The summed E-state index contributed by atoms with van der Waals surface area (Å²) >= 11 is 0. The highest BCUT2D eigenvalue weighted by molar-refractivity contribution is 5.91. The number of amides is 1. The first-order valence-electron chi connectivity index (χ1n) is 8.70. The third-order valence-electron chi connectivity index (χ3n) is 4.28. The molecule has 1 aromatic carbocycles. The van der Waals surface area contributed by atoms with E-state index >= 15 is 0 Å². The van der Waals surface area contributed by atoms with Crippen LogP contribution in [0.15, 0.2) is 30.3 Å². The van der Waals surface area contributed by atoms with E-state index in [2.05, 4.69) is 48.6 Å². The summed E-state index contributed by atoms with van der Waals surface area (Å²) in [6.45, 7) is 7.53. The van der Waals surface area contributed by atoms with E-state index in [-0.39, 0.29) is 18.3 Å². The summed E-state index contributed by atoms with van der Waals surface area (Å²) in [7, 11) is 0.